The van der Waals surface area contributed by atoms with E-state index in [1.807, 2.05) is 18.2 Å². The molecule has 152 valence electrons. The lowest BCUT2D eigenvalue weighted by molar-refractivity contribution is -0.117. The predicted molar refractivity (Wildman–Crippen MR) is 114 cm³/mol. The molecule has 1 unspecified atom stereocenters. The summed E-state index contributed by atoms with van der Waals surface area (Å²) in [5.41, 5.74) is 1.06. The fourth-order valence-corrected chi connectivity index (χ4v) is 4.21. The van der Waals surface area contributed by atoms with Crippen LogP contribution in [-0.2, 0) is 9.53 Å². The highest BCUT2D eigenvalue weighted by molar-refractivity contribution is 7.99. The van der Waals surface area contributed by atoms with E-state index in [4.69, 9.17) is 4.74 Å². The largest absolute Gasteiger partial charge is 0.383 e. The van der Waals surface area contributed by atoms with E-state index in [-0.39, 0.29) is 17.4 Å². The van der Waals surface area contributed by atoms with Gasteiger partial charge in [-0.3, -0.25) is 19.5 Å². The van der Waals surface area contributed by atoms with Crippen molar-refractivity contribution in [2.75, 3.05) is 19.5 Å². The molecule has 0 bridgehead atoms. The van der Waals surface area contributed by atoms with Crippen molar-refractivity contribution in [3.05, 3.63) is 52.1 Å². The number of ether oxygens (including phenoxy) is 1. The zero-order valence-electron chi connectivity index (χ0n) is 15.9. The summed E-state index contributed by atoms with van der Waals surface area (Å²) in [7, 11) is 1.53. The maximum Gasteiger partial charge on any atom is 0.321 e. The Labute approximate surface area is 175 Å². The molecule has 0 fully saturated rings. The van der Waals surface area contributed by atoms with Crippen LogP contribution in [0.5, 0.6) is 0 Å². The fourth-order valence-electron chi connectivity index (χ4n) is 2.64. The number of rotatable bonds is 7. The molecular formula is C19H20N4O4S2. The minimum atomic E-state index is -0.596. The summed E-state index contributed by atoms with van der Waals surface area (Å²) < 4.78 is 6.97. The molecule has 3 aromatic rings. The molecule has 1 aromatic carbocycles. The Bertz CT molecular complexity index is 1070. The first-order valence-electron chi connectivity index (χ1n) is 8.77. The summed E-state index contributed by atoms with van der Waals surface area (Å²) in [6.45, 7) is 2.10. The fraction of sp³-hybridized carbons (Fsp3) is 0.263. The molecule has 0 radical (unpaired) electrons. The van der Waals surface area contributed by atoms with Crippen molar-refractivity contribution in [3.8, 4) is 5.69 Å². The Morgan fingerprint density at radius 3 is 2.76 bits per heavy atom. The number of nitrogens with one attached hydrogen (secondary N) is 2. The number of thiophene rings is 1. The number of hydrogen-bond donors (Lipinski definition) is 2. The molecule has 3 rings (SSSR count). The topological polar surface area (TPSA) is 102 Å². The van der Waals surface area contributed by atoms with Crippen LogP contribution in [0.25, 0.3) is 15.9 Å². The lowest BCUT2D eigenvalue weighted by atomic mass is 10.3. The summed E-state index contributed by atoms with van der Waals surface area (Å²) in [6.07, 6.45) is 0. The quantitative estimate of drug-likeness (QED) is 0.439. The Hall–Kier alpha value is -2.69. The number of fused-ring (bicyclic) bond motifs is 1. The molecule has 0 aliphatic carbocycles. The van der Waals surface area contributed by atoms with Crippen molar-refractivity contribution in [1.82, 2.24) is 20.2 Å². The van der Waals surface area contributed by atoms with Gasteiger partial charge in [-0.05, 0) is 30.5 Å². The van der Waals surface area contributed by atoms with Crippen molar-refractivity contribution in [2.24, 2.45) is 0 Å². The third kappa shape index (κ3) is 5.22. The molecule has 0 aliphatic rings. The summed E-state index contributed by atoms with van der Waals surface area (Å²) in [5.74, 6) is -0.558. The Balaban J connectivity index is 1.77. The van der Waals surface area contributed by atoms with Gasteiger partial charge in [-0.15, -0.1) is 11.3 Å². The third-order valence-corrected chi connectivity index (χ3v) is 5.67. The van der Waals surface area contributed by atoms with E-state index in [0.29, 0.717) is 27.7 Å². The van der Waals surface area contributed by atoms with Gasteiger partial charge in [0.1, 0.15) is 4.70 Å². The van der Waals surface area contributed by atoms with E-state index in [2.05, 4.69) is 15.6 Å². The smallest absolute Gasteiger partial charge is 0.321 e. The molecule has 0 spiro atoms. The first-order chi connectivity index (χ1) is 14.0. The van der Waals surface area contributed by atoms with Gasteiger partial charge in [0.05, 0.1) is 29.6 Å². The normalized spacial score (nSPS) is 11.9. The molecule has 2 N–H and O–H groups in total. The highest BCUT2D eigenvalue weighted by atomic mass is 32.2. The van der Waals surface area contributed by atoms with E-state index < -0.39 is 11.9 Å². The average Bonchev–Trinajstić information content (AvgIpc) is 3.16. The Morgan fingerprint density at radius 2 is 2.03 bits per heavy atom. The zero-order valence-corrected chi connectivity index (χ0v) is 17.5. The molecular weight excluding hydrogens is 412 g/mol. The number of imide groups is 1. The summed E-state index contributed by atoms with van der Waals surface area (Å²) in [5, 5.41) is 7.06. The Kier molecular flexibility index (Phi) is 7.02. The minimum absolute atomic E-state index is 0.0685. The first-order valence-corrected chi connectivity index (χ1v) is 10.6. The van der Waals surface area contributed by atoms with E-state index in [1.165, 1.54) is 23.0 Å². The number of aromatic nitrogens is 2. The van der Waals surface area contributed by atoms with Gasteiger partial charge >= 0.3 is 6.03 Å². The predicted octanol–water partition coefficient (Wildman–Crippen LogP) is 2.40. The van der Waals surface area contributed by atoms with Gasteiger partial charge < -0.3 is 10.1 Å². The molecule has 0 saturated heterocycles. The maximum atomic E-state index is 13.0. The Morgan fingerprint density at radius 1 is 1.28 bits per heavy atom. The second-order valence-corrected chi connectivity index (χ2v) is 8.03. The number of amides is 3. The summed E-state index contributed by atoms with van der Waals surface area (Å²) in [6, 6.07) is 10.1. The number of methoxy groups -OCH3 is 1. The van der Waals surface area contributed by atoms with Crippen LogP contribution in [0.2, 0.25) is 0 Å². The van der Waals surface area contributed by atoms with E-state index >= 15 is 0 Å². The molecule has 1 atom stereocenters. The van der Waals surface area contributed by atoms with Crippen molar-refractivity contribution in [1.29, 1.82) is 0 Å². The van der Waals surface area contributed by atoms with Gasteiger partial charge in [-0.25, -0.2) is 9.78 Å². The zero-order chi connectivity index (χ0) is 20.8. The minimum Gasteiger partial charge on any atom is -0.383 e. The van der Waals surface area contributed by atoms with Crippen LogP contribution in [0.15, 0.2) is 51.7 Å². The molecule has 10 heteroatoms. The van der Waals surface area contributed by atoms with Crippen LogP contribution in [0.1, 0.15) is 6.92 Å². The SMILES string of the molecule is COCC(C)NC(=O)NC(=O)CSc1nc2ccsc2c(=O)n1-c1ccccc1. The van der Waals surface area contributed by atoms with Crippen LogP contribution in [0, 0.1) is 0 Å². The van der Waals surface area contributed by atoms with Crippen LogP contribution < -0.4 is 16.2 Å². The molecule has 29 heavy (non-hydrogen) atoms. The summed E-state index contributed by atoms with van der Waals surface area (Å²) >= 11 is 2.42. The lowest BCUT2D eigenvalue weighted by Gasteiger charge is -2.14. The number of para-hydroxylation sites is 1. The maximum absolute atomic E-state index is 13.0. The average molecular weight is 433 g/mol. The molecule has 0 aliphatic heterocycles. The van der Waals surface area contributed by atoms with Gasteiger partial charge in [-0.2, -0.15) is 0 Å². The monoisotopic (exact) mass is 432 g/mol. The van der Waals surface area contributed by atoms with Gasteiger partial charge in [0.25, 0.3) is 5.56 Å². The van der Waals surface area contributed by atoms with Gasteiger partial charge in [0.2, 0.25) is 5.91 Å². The van der Waals surface area contributed by atoms with Crippen LogP contribution in [0.4, 0.5) is 4.79 Å². The van der Waals surface area contributed by atoms with Gasteiger partial charge in [0, 0.05) is 7.11 Å². The summed E-state index contributed by atoms with van der Waals surface area (Å²) in [4.78, 5) is 41.5. The third-order valence-electron chi connectivity index (χ3n) is 3.84. The van der Waals surface area contributed by atoms with Crippen molar-refractivity contribution in [3.63, 3.8) is 0 Å². The van der Waals surface area contributed by atoms with E-state index in [9.17, 15) is 14.4 Å². The van der Waals surface area contributed by atoms with Crippen molar-refractivity contribution < 1.29 is 14.3 Å². The number of carbonyl (C=O) groups excluding carboxylic acids is 2. The second-order valence-electron chi connectivity index (χ2n) is 6.17. The van der Waals surface area contributed by atoms with Gasteiger partial charge in [-0.1, -0.05) is 30.0 Å². The molecule has 2 aromatic heterocycles. The molecule has 2 heterocycles. The highest BCUT2D eigenvalue weighted by Gasteiger charge is 2.17. The number of nitrogens with zero attached hydrogens (tertiary/aromatic N) is 2. The number of hydrogen-bond acceptors (Lipinski definition) is 7. The van der Waals surface area contributed by atoms with Crippen LogP contribution in [-0.4, -0.2) is 47.0 Å². The standard InChI is InChI=1S/C19H20N4O4S2/c1-12(10-27-2)20-18(26)22-15(24)11-29-19-21-14-8-9-28-16(14)17(25)23(19)13-6-4-3-5-7-13/h3-9,12H,10-11H2,1-2H3,(H2,20,22,24,26). The first kappa shape index (κ1) is 21.0. The molecule has 0 saturated carbocycles. The highest BCUT2D eigenvalue weighted by Crippen LogP contribution is 2.23. The van der Waals surface area contributed by atoms with E-state index in [0.717, 1.165) is 11.8 Å². The van der Waals surface area contributed by atoms with Crippen molar-refractivity contribution in [2.45, 2.75) is 18.1 Å². The van der Waals surface area contributed by atoms with Crippen molar-refractivity contribution >= 4 is 45.3 Å². The molecule has 8 nitrogen and oxygen atoms in total. The number of benzene rings is 1. The second kappa shape index (κ2) is 9.68. The number of urea groups is 1. The molecule has 3 amide bonds. The lowest BCUT2D eigenvalue weighted by Crippen LogP contribution is -2.45. The van der Waals surface area contributed by atoms with E-state index in [1.54, 1.807) is 30.5 Å². The number of thioether (sulfide) groups is 1. The number of carbonyl (C=O) groups is 2. The van der Waals surface area contributed by atoms with Gasteiger partial charge in [0.15, 0.2) is 5.16 Å². The van der Waals surface area contributed by atoms with Crippen LogP contribution in [0.3, 0.4) is 0 Å². The van der Waals surface area contributed by atoms with Crippen LogP contribution >= 0.6 is 23.1 Å².